The van der Waals surface area contributed by atoms with Crippen LogP contribution in [0.15, 0.2) is 82.2 Å². The van der Waals surface area contributed by atoms with E-state index in [4.69, 9.17) is 9.15 Å². The molecule has 4 heterocycles. The number of ether oxygens (including phenoxy) is 1. The topological polar surface area (TPSA) is 102 Å². The summed E-state index contributed by atoms with van der Waals surface area (Å²) in [6.07, 6.45) is 3.69. The highest BCUT2D eigenvalue weighted by atomic mass is 16.5. The van der Waals surface area contributed by atoms with Crippen molar-refractivity contribution < 1.29 is 9.15 Å². The Morgan fingerprint density at radius 1 is 1.11 bits per heavy atom. The van der Waals surface area contributed by atoms with Gasteiger partial charge in [-0.1, -0.05) is 42.0 Å². The van der Waals surface area contributed by atoms with E-state index in [1.54, 1.807) is 10.9 Å². The van der Waals surface area contributed by atoms with Crippen LogP contribution in [0.5, 0.6) is 0 Å². The Balaban J connectivity index is 1.50. The van der Waals surface area contributed by atoms with Gasteiger partial charge in [0.2, 0.25) is 0 Å². The Labute approximate surface area is 220 Å². The predicted molar refractivity (Wildman–Crippen MR) is 142 cm³/mol. The lowest BCUT2D eigenvalue weighted by Crippen LogP contribution is -2.35. The van der Waals surface area contributed by atoms with Gasteiger partial charge in [0, 0.05) is 24.2 Å². The quantitative estimate of drug-likeness (QED) is 0.314. The average Bonchev–Trinajstić information content (AvgIpc) is 3.70. The number of hydrogen-bond donors (Lipinski definition) is 1. The van der Waals surface area contributed by atoms with E-state index in [0.29, 0.717) is 31.0 Å². The molecule has 2 aromatic carbocycles. The number of nitrogens with zero attached hydrogens (tertiary/aromatic N) is 5. The van der Waals surface area contributed by atoms with Gasteiger partial charge >= 0.3 is 0 Å². The lowest BCUT2D eigenvalue weighted by molar-refractivity contribution is 0.0901. The van der Waals surface area contributed by atoms with Gasteiger partial charge in [-0.15, -0.1) is 5.10 Å². The zero-order chi connectivity index (χ0) is 25.9. The van der Waals surface area contributed by atoms with Gasteiger partial charge in [0.15, 0.2) is 5.82 Å². The van der Waals surface area contributed by atoms with E-state index < -0.39 is 6.04 Å². The van der Waals surface area contributed by atoms with Crippen molar-refractivity contribution in [2.45, 2.75) is 51.5 Å². The van der Waals surface area contributed by atoms with Crippen LogP contribution in [0.4, 0.5) is 0 Å². The van der Waals surface area contributed by atoms with Crippen molar-refractivity contribution in [1.82, 2.24) is 30.1 Å². The summed E-state index contributed by atoms with van der Waals surface area (Å²) in [6, 6.07) is 21.5. The number of hydrogen-bond acceptors (Lipinski definition) is 7. The number of aryl methyl sites for hydroxylation is 1. The van der Waals surface area contributed by atoms with Gasteiger partial charge in [0.05, 0.1) is 25.5 Å². The molecule has 0 bridgehead atoms. The molecule has 6 rings (SSSR count). The van der Waals surface area contributed by atoms with E-state index in [1.807, 2.05) is 55.5 Å². The van der Waals surface area contributed by atoms with Crippen LogP contribution < -0.4 is 5.56 Å². The smallest absolute Gasteiger partial charge is 0.253 e. The second-order valence-electron chi connectivity index (χ2n) is 9.87. The second-order valence-corrected chi connectivity index (χ2v) is 9.87. The lowest BCUT2D eigenvalue weighted by Gasteiger charge is -2.30. The van der Waals surface area contributed by atoms with E-state index in [1.165, 1.54) is 0 Å². The molecule has 1 saturated heterocycles. The third kappa shape index (κ3) is 5.16. The van der Waals surface area contributed by atoms with Gasteiger partial charge in [-0.05, 0) is 71.5 Å². The monoisotopic (exact) mass is 510 g/mol. The molecule has 1 fully saturated rings. The van der Waals surface area contributed by atoms with Crippen molar-refractivity contribution in [3.05, 3.63) is 112 Å². The van der Waals surface area contributed by atoms with Crippen LogP contribution in [0.1, 0.15) is 47.2 Å². The summed E-state index contributed by atoms with van der Waals surface area (Å²) >= 11 is 0. The Hall–Kier alpha value is -4.08. The minimum atomic E-state index is -0.537. The molecule has 5 aromatic rings. The van der Waals surface area contributed by atoms with E-state index in [2.05, 4.69) is 43.6 Å². The number of H-pyrrole nitrogens is 1. The molecule has 38 heavy (non-hydrogen) atoms. The van der Waals surface area contributed by atoms with Crippen molar-refractivity contribution in [1.29, 1.82) is 0 Å². The average molecular weight is 511 g/mol. The summed E-state index contributed by atoms with van der Waals surface area (Å²) in [4.78, 5) is 18.9. The number of tetrazole rings is 1. The molecule has 0 spiro atoms. The van der Waals surface area contributed by atoms with E-state index in [9.17, 15) is 4.79 Å². The first-order valence-electron chi connectivity index (χ1n) is 13.0. The summed E-state index contributed by atoms with van der Waals surface area (Å²) in [5.41, 5.74) is 3.43. The molecule has 0 aliphatic carbocycles. The van der Waals surface area contributed by atoms with Gasteiger partial charge in [-0.2, -0.15) is 0 Å². The number of pyridine rings is 1. The molecule has 9 nitrogen and oxygen atoms in total. The predicted octanol–water partition coefficient (Wildman–Crippen LogP) is 4.39. The third-order valence-corrected chi connectivity index (χ3v) is 7.06. The van der Waals surface area contributed by atoms with Gasteiger partial charge in [0.25, 0.3) is 5.56 Å². The normalized spacial score (nSPS) is 16.4. The number of furan rings is 1. The molecule has 0 amide bonds. The summed E-state index contributed by atoms with van der Waals surface area (Å²) < 4.78 is 13.4. The van der Waals surface area contributed by atoms with Gasteiger partial charge in [-0.25, -0.2) is 4.68 Å². The van der Waals surface area contributed by atoms with Crippen LogP contribution in [-0.4, -0.2) is 42.8 Å². The van der Waals surface area contributed by atoms with Gasteiger partial charge in [0.1, 0.15) is 11.8 Å². The summed E-state index contributed by atoms with van der Waals surface area (Å²) in [7, 11) is 0. The Morgan fingerprint density at radius 3 is 2.79 bits per heavy atom. The number of fused-ring (bicyclic) bond motifs is 1. The van der Waals surface area contributed by atoms with Crippen molar-refractivity contribution in [3.63, 3.8) is 0 Å². The standard InChI is InChI=1S/C29H30N6O3/c1-20-11-12-26-22(15-20)16-25(29(36)30-26)27(28-31-32-33-35(28)19-24-10-6-14-38-24)34(18-23-9-5-13-37-23)17-21-7-3-2-4-8-21/h2-5,7-9,11-13,15-16,24,27H,6,10,14,17-19H2,1H3,(H,30,36)/t24-,27+/m1/s1. The van der Waals surface area contributed by atoms with Gasteiger partial charge in [-0.3, -0.25) is 9.69 Å². The third-order valence-electron chi connectivity index (χ3n) is 7.06. The highest BCUT2D eigenvalue weighted by Gasteiger charge is 2.32. The van der Waals surface area contributed by atoms with E-state index >= 15 is 0 Å². The zero-order valence-corrected chi connectivity index (χ0v) is 21.3. The van der Waals surface area contributed by atoms with Crippen molar-refractivity contribution in [2.75, 3.05) is 6.61 Å². The summed E-state index contributed by atoms with van der Waals surface area (Å²) in [6.45, 7) is 4.34. The number of nitrogens with one attached hydrogen (secondary N) is 1. The maximum Gasteiger partial charge on any atom is 0.253 e. The van der Waals surface area contributed by atoms with Crippen molar-refractivity contribution in [3.8, 4) is 0 Å². The van der Waals surface area contributed by atoms with E-state index in [0.717, 1.165) is 47.2 Å². The SMILES string of the molecule is Cc1ccc2[nH]c(=O)c([C@@H](c3nnnn3C[C@H]3CCCO3)N(Cc3ccccc3)Cc3ccco3)cc2c1. The van der Waals surface area contributed by atoms with Crippen LogP contribution in [0, 0.1) is 6.92 Å². The Kier molecular flexibility index (Phi) is 6.85. The Morgan fingerprint density at radius 2 is 2.00 bits per heavy atom. The molecule has 0 unspecified atom stereocenters. The molecule has 1 N–H and O–H groups in total. The first-order chi connectivity index (χ1) is 18.6. The highest BCUT2D eigenvalue weighted by Crippen LogP contribution is 2.31. The minimum absolute atomic E-state index is 0.0445. The fourth-order valence-electron chi connectivity index (χ4n) is 5.22. The molecule has 9 heteroatoms. The summed E-state index contributed by atoms with van der Waals surface area (Å²) in [5, 5.41) is 13.8. The van der Waals surface area contributed by atoms with Crippen LogP contribution in [0.2, 0.25) is 0 Å². The molecular formula is C29H30N6O3. The first-order valence-corrected chi connectivity index (χ1v) is 13.0. The van der Waals surface area contributed by atoms with Crippen LogP contribution in [-0.2, 0) is 24.4 Å². The highest BCUT2D eigenvalue weighted by molar-refractivity contribution is 5.79. The number of rotatable bonds is 9. The fraction of sp³-hybridized carbons (Fsp3) is 0.310. The number of benzene rings is 2. The maximum atomic E-state index is 13.7. The fourth-order valence-corrected chi connectivity index (χ4v) is 5.22. The summed E-state index contributed by atoms with van der Waals surface area (Å²) in [5.74, 6) is 1.39. The first kappa shape index (κ1) is 24.3. The minimum Gasteiger partial charge on any atom is -0.468 e. The van der Waals surface area contributed by atoms with Gasteiger partial charge < -0.3 is 14.1 Å². The van der Waals surface area contributed by atoms with E-state index in [-0.39, 0.29) is 11.7 Å². The molecule has 1 aliphatic rings. The van der Waals surface area contributed by atoms with Crippen LogP contribution >= 0.6 is 0 Å². The molecule has 194 valence electrons. The molecule has 1 aliphatic heterocycles. The zero-order valence-electron chi connectivity index (χ0n) is 21.3. The van der Waals surface area contributed by atoms with Crippen LogP contribution in [0.3, 0.4) is 0 Å². The van der Waals surface area contributed by atoms with Crippen molar-refractivity contribution >= 4 is 10.9 Å². The second kappa shape index (κ2) is 10.7. The van der Waals surface area contributed by atoms with Crippen LogP contribution in [0.25, 0.3) is 10.9 Å². The molecule has 2 atom stereocenters. The lowest BCUT2D eigenvalue weighted by atomic mass is 10.0. The largest absolute Gasteiger partial charge is 0.468 e. The Bertz CT molecular complexity index is 1550. The molecule has 0 saturated carbocycles. The number of aromatic nitrogens is 5. The maximum absolute atomic E-state index is 13.7. The number of aromatic amines is 1. The van der Waals surface area contributed by atoms with Crippen molar-refractivity contribution in [2.24, 2.45) is 0 Å². The molecular weight excluding hydrogens is 480 g/mol. The molecule has 3 aromatic heterocycles. The molecule has 0 radical (unpaired) electrons.